The normalized spacial score (nSPS) is 13.2. The summed E-state index contributed by atoms with van der Waals surface area (Å²) < 4.78 is 0. The summed E-state index contributed by atoms with van der Waals surface area (Å²) >= 11 is 4.54. The van der Waals surface area contributed by atoms with E-state index in [0.717, 1.165) is 11.3 Å². The van der Waals surface area contributed by atoms with Crippen LogP contribution in [0.3, 0.4) is 0 Å². The van der Waals surface area contributed by atoms with Gasteiger partial charge >= 0.3 is 0 Å². The van der Waals surface area contributed by atoms with Gasteiger partial charge in [0.1, 0.15) is 0 Å². The lowest BCUT2D eigenvalue weighted by Gasteiger charge is -2.30. The Hall–Kier alpha value is -1.41. The molecule has 0 N–H and O–H groups in total. The second-order valence-electron chi connectivity index (χ2n) is 4.14. The summed E-state index contributed by atoms with van der Waals surface area (Å²) in [6.45, 7) is 0. The molecule has 0 saturated carbocycles. The number of fused-ring (bicyclic) bond motifs is 2. The summed E-state index contributed by atoms with van der Waals surface area (Å²) in [6.07, 6.45) is 0.982. The Morgan fingerprint density at radius 1 is 1.00 bits per heavy atom. The molecule has 0 spiro atoms. The van der Waals surface area contributed by atoms with E-state index in [1.165, 1.54) is 22.5 Å². The smallest absolute Gasteiger partial charge is 0.0455 e. The first-order valence-corrected chi connectivity index (χ1v) is 5.84. The molecule has 0 aliphatic carbocycles. The maximum Gasteiger partial charge on any atom is 0.0455 e. The van der Waals surface area contributed by atoms with Crippen LogP contribution in [0.2, 0.25) is 0 Å². The van der Waals surface area contributed by atoms with E-state index in [2.05, 4.69) is 67.0 Å². The third-order valence-corrected chi connectivity index (χ3v) is 3.63. The Balaban J connectivity index is 2.22. The van der Waals surface area contributed by atoms with Crippen molar-refractivity contribution in [3.8, 4) is 0 Å². The average Bonchev–Trinajstić information content (AvgIpc) is 2.31. The minimum atomic E-state index is 0.982. The number of nitrogens with zero attached hydrogens (tertiary/aromatic N) is 1. The van der Waals surface area contributed by atoms with Crippen molar-refractivity contribution in [2.45, 2.75) is 11.3 Å². The molecule has 1 aliphatic heterocycles. The van der Waals surface area contributed by atoms with E-state index in [1.807, 2.05) is 0 Å². The van der Waals surface area contributed by atoms with Gasteiger partial charge in [0.15, 0.2) is 0 Å². The van der Waals surface area contributed by atoms with E-state index in [4.69, 9.17) is 0 Å². The van der Waals surface area contributed by atoms with Gasteiger partial charge in [0.2, 0.25) is 0 Å². The molecule has 80 valence electrons. The van der Waals surface area contributed by atoms with Crippen molar-refractivity contribution in [2.24, 2.45) is 0 Å². The number of benzene rings is 2. The van der Waals surface area contributed by atoms with Gasteiger partial charge in [-0.25, -0.2) is 0 Å². The Bertz CT molecular complexity index is 548. The summed E-state index contributed by atoms with van der Waals surface area (Å²) in [5.41, 5.74) is 5.27. The number of hydrogen-bond acceptors (Lipinski definition) is 2. The predicted octanol–water partition coefficient (Wildman–Crippen LogP) is 3.65. The lowest BCUT2D eigenvalue weighted by molar-refractivity contribution is 1.02. The second-order valence-corrected chi connectivity index (χ2v) is 4.62. The zero-order valence-corrected chi connectivity index (χ0v) is 10.0. The van der Waals surface area contributed by atoms with Crippen molar-refractivity contribution in [1.82, 2.24) is 0 Å². The van der Waals surface area contributed by atoms with Crippen LogP contribution < -0.4 is 4.90 Å². The van der Waals surface area contributed by atoms with Gasteiger partial charge < -0.3 is 4.90 Å². The van der Waals surface area contributed by atoms with Crippen molar-refractivity contribution in [2.75, 3.05) is 11.9 Å². The van der Waals surface area contributed by atoms with Gasteiger partial charge in [-0.1, -0.05) is 24.3 Å². The number of hydrogen-bond donors (Lipinski definition) is 1. The van der Waals surface area contributed by atoms with Crippen LogP contribution in [-0.2, 0) is 6.42 Å². The van der Waals surface area contributed by atoms with Crippen molar-refractivity contribution < 1.29 is 0 Å². The summed E-state index contributed by atoms with van der Waals surface area (Å²) in [5.74, 6) is 0. The highest BCUT2D eigenvalue weighted by Gasteiger charge is 2.20. The van der Waals surface area contributed by atoms with Gasteiger partial charge in [0, 0.05) is 29.7 Å². The molecular formula is C14H13NS. The fourth-order valence-corrected chi connectivity index (χ4v) is 2.65. The first-order chi connectivity index (χ1) is 7.77. The molecule has 0 bridgehead atoms. The molecule has 2 aromatic carbocycles. The maximum absolute atomic E-state index is 4.54. The summed E-state index contributed by atoms with van der Waals surface area (Å²) in [4.78, 5) is 3.33. The SMILES string of the molecule is CN1c2ccccc2Cc2c(S)cccc21. The zero-order chi connectivity index (χ0) is 11.1. The largest absolute Gasteiger partial charge is 0.344 e. The highest BCUT2D eigenvalue weighted by molar-refractivity contribution is 7.80. The van der Waals surface area contributed by atoms with Crippen molar-refractivity contribution in [3.63, 3.8) is 0 Å². The molecule has 0 fully saturated rings. The van der Waals surface area contributed by atoms with Crippen LogP contribution >= 0.6 is 12.6 Å². The molecule has 16 heavy (non-hydrogen) atoms. The van der Waals surface area contributed by atoms with Gasteiger partial charge in [-0.2, -0.15) is 0 Å². The predicted molar refractivity (Wildman–Crippen MR) is 71.0 cm³/mol. The minimum absolute atomic E-state index is 0.982. The Labute approximate surface area is 101 Å². The van der Waals surface area contributed by atoms with Crippen LogP contribution in [0.1, 0.15) is 11.1 Å². The van der Waals surface area contributed by atoms with E-state index in [9.17, 15) is 0 Å². The lowest BCUT2D eigenvalue weighted by atomic mass is 9.96. The molecular weight excluding hydrogens is 214 g/mol. The van der Waals surface area contributed by atoms with Crippen LogP contribution in [0.25, 0.3) is 0 Å². The van der Waals surface area contributed by atoms with Crippen LogP contribution in [0.5, 0.6) is 0 Å². The molecule has 1 nitrogen and oxygen atoms in total. The molecule has 0 atom stereocenters. The molecule has 0 saturated heterocycles. The first kappa shape index (κ1) is 9.79. The third-order valence-electron chi connectivity index (χ3n) is 3.21. The van der Waals surface area contributed by atoms with Gasteiger partial charge in [0.05, 0.1) is 0 Å². The van der Waals surface area contributed by atoms with E-state index in [0.29, 0.717) is 0 Å². The van der Waals surface area contributed by atoms with Crippen LogP contribution in [-0.4, -0.2) is 7.05 Å². The highest BCUT2D eigenvalue weighted by Crippen LogP contribution is 2.39. The molecule has 1 aliphatic rings. The van der Waals surface area contributed by atoms with Gasteiger partial charge in [-0.15, -0.1) is 12.6 Å². The summed E-state index contributed by atoms with van der Waals surface area (Å²) in [5, 5.41) is 0. The topological polar surface area (TPSA) is 3.24 Å². The van der Waals surface area contributed by atoms with E-state index in [-0.39, 0.29) is 0 Å². The molecule has 3 rings (SSSR count). The maximum atomic E-state index is 4.54. The number of thiol groups is 1. The molecule has 0 unspecified atom stereocenters. The molecule has 0 aromatic heterocycles. The van der Waals surface area contributed by atoms with Crippen molar-refractivity contribution in [3.05, 3.63) is 53.6 Å². The highest BCUT2D eigenvalue weighted by atomic mass is 32.1. The lowest BCUT2D eigenvalue weighted by Crippen LogP contribution is -2.18. The standard InChI is InChI=1S/C14H13NS/c1-15-12-6-3-2-5-10(12)9-11-13(15)7-4-8-14(11)16/h2-8,16H,9H2,1H3. The van der Waals surface area contributed by atoms with Crippen LogP contribution in [0, 0.1) is 0 Å². The average molecular weight is 227 g/mol. The van der Waals surface area contributed by atoms with Crippen LogP contribution in [0.15, 0.2) is 47.4 Å². The first-order valence-electron chi connectivity index (χ1n) is 5.40. The Morgan fingerprint density at radius 3 is 2.62 bits per heavy atom. The fraction of sp³-hybridized carbons (Fsp3) is 0.143. The number of anilines is 2. The zero-order valence-electron chi connectivity index (χ0n) is 9.14. The molecule has 2 heteroatoms. The van der Waals surface area contributed by atoms with Crippen molar-refractivity contribution >= 4 is 24.0 Å². The summed E-state index contributed by atoms with van der Waals surface area (Å²) in [6, 6.07) is 14.8. The van der Waals surface area contributed by atoms with E-state index in [1.54, 1.807) is 0 Å². The quantitative estimate of drug-likeness (QED) is 0.672. The van der Waals surface area contributed by atoms with Gasteiger partial charge in [0.25, 0.3) is 0 Å². The minimum Gasteiger partial charge on any atom is -0.344 e. The van der Waals surface area contributed by atoms with Gasteiger partial charge in [-0.05, 0) is 29.3 Å². The number of rotatable bonds is 0. The molecule has 0 radical (unpaired) electrons. The van der Waals surface area contributed by atoms with Crippen molar-refractivity contribution in [1.29, 1.82) is 0 Å². The van der Waals surface area contributed by atoms with Gasteiger partial charge in [-0.3, -0.25) is 0 Å². The summed E-state index contributed by atoms with van der Waals surface area (Å²) in [7, 11) is 2.12. The third kappa shape index (κ3) is 1.34. The fourth-order valence-electron chi connectivity index (χ4n) is 2.37. The van der Waals surface area contributed by atoms with Crippen LogP contribution in [0.4, 0.5) is 11.4 Å². The second kappa shape index (κ2) is 3.56. The molecule has 1 heterocycles. The monoisotopic (exact) mass is 227 g/mol. The number of para-hydroxylation sites is 1. The van der Waals surface area contributed by atoms with E-state index >= 15 is 0 Å². The Kier molecular flexibility index (Phi) is 2.18. The van der Waals surface area contributed by atoms with E-state index < -0.39 is 0 Å². The molecule has 2 aromatic rings. The Morgan fingerprint density at radius 2 is 1.75 bits per heavy atom. The molecule has 0 amide bonds.